The summed E-state index contributed by atoms with van der Waals surface area (Å²) < 4.78 is 9.84. The maximum atomic E-state index is 10.9. The highest BCUT2D eigenvalue weighted by Crippen LogP contribution is 2.16. The van der Waals surface area contributed by atoms with E-state index in [0.717, 1.165) is 12.8 Å². The molecule has 0 amide bonds. The molecule has 106 valence electrons. The van der Waals surface area contributed by atoms with Crippen LogP contribution in [0.5, 0.6) is 0 Å². The molecule has 1 fully saturated rings. The fraction of sp³-hybridized carbons (Fsp3) is 0.933. The predicted molar refractivity (Wildman–Crippen MR) is 72.7 cm³/mol. The quantitative estimate of drug-likeness (QED) is 0.414. The van der Waals surface area contributed by atoms with Gasteiger partial charge < -0.3 is 9.47 Å². The standard InChI is InChI=1S/C15H28O3/c1-2-3-4-5-6-7-8-9-10-11-14-12-13-17-15(16)18-14/h14H,2-13H2,1H3/t14-/m0/s1. The van der Waals surface area contributed by atoms with Crippen LogP contribution in [0.1, 0.15) is 77.6 Å². The zero-order chi connectivity index (χ0) is 13.1. The monoisotopic (exact) mass is 256 g/mol. The summed E-state index contributed by atoms with van der Waals surface area (Å²) in [5.41, 5.74) is 0. The van der Waals surface area contributed by atoms with Crippen molar-refractivity contribution in [1.82, 2.24) is 0 Å². The van der Waals surface area contributed by atoms with Gasteiger partial charge in [0.05, 0.1) is 6.61 Å². The molecule has 0 aromatic rings. The van der Waals surface area contributed by atoms with Crippen molar-refractivity contribution in [3.8, 4) is 0 Å². The average Bonchev–Trinajstić information content (AvgIpc) is 2.37. The largest absolute Gasteiger partial charge is 0.508 e. The number of rotatable bonds is 10. The van der Waals surface area contributed by atoms with E-state index in [2.05, 4.69) is 6.92 Å². The lowest BCUT2D eigenvalue weighted by Gasteiger charge is -2.21. The van der Waals surface area contributed by atoms with Crippen LogP contribution in [0.4, 0.5) is 4.79 Å². The lowest BCUT2D eigenvalue weighted by atomic mass is 10.0. The molecule has 1 aliphatic rings. The Balaban J connectivity index is 1.82. The minimum absolute atomic E-state index is 0.107. The van der Waals surface area contributed by atoms with E-state index in [1.807, 2.05) is 0 Å². The summed E-state index contributed by atoms with van der Waals surface area (Å²) in [5, 5.41) is 0. The predicted octanol–water partition coefficient (Wildman–Crippen LogP) is 4.83. The molecule has 0 radical (unpaired) electrons. The summed E-state index contributed by atoms with van der Waals surface area (Å²) in [7, 11) is 0. The maximum Gasteiger partial charge on any atom is 0.508 e. The van der Waals surface area contributed by atoms with Gasteiger partial charge in [0.1, 0.15) is 6.10 Å². The van der Waals surface area contributed by atoms with Crippen molar-refractivity contribution in [2.24, 2.45) is 0 Å². The maximum absolute atomic E-state index is 10.9. The number of unbranched alkanes of at least 4 members (excludes halogenated alkanes) is 8. The van der Waals surface area contributed by atoms with Crippen molar-refractivity contribution < 1.29 is 14.3 Å². The fourth-order valence-corrected chi connectivity index (χ4v) is 2.39. The van der Waals surface area contributed by atoms with Gasteiger partial charge in [-0.1, -0.05) is 58.3 Å². The highest BCUT2D eigenvalue weighted by Gasteiger charge is 2.20. The number of carbonyl (C=O) groups is 1. The Bertz CT molecular complexity index is 216. The lowest BCUT2D eigenvalue weighted by molar-refractivity contribution is -0.0257. The van der Waals surface area contributed by atoms with E-state index in [-0.39, 0.29) is 6.10 Å². The Labute approximate surface area is 111 Å². The molecule has 1 saturated heterocycles. The highest BCUT2D eigenvalue weighted by atomic mass is 16.7. The molecule has 3 heteroatoms. The van der Waals surface area contributed by atoms with Gasteiger partial charge in [0.2, 0.25) is 0 Å². The molecule has 0 spiro atoms. The molecule has 0 aromatic carbocycles. The van der Waals surface area contributed by atoms with Gasteiger partial charge in [-0.15, -0.1) is 0 Å². The molecular formula is C15H28O3. The number of cyclic esters (lactones) is 2. The Morgan fingerprint density at radius 3 is 2.22 bits per heavy atom. The van der Waals surface area contributed by atoms with Crippen LogP contribution in [0.15, 0.2) is 0 Å². The van der Waals surface area contributed by atoms with Crippen molar-refractivity contribution in [1.29, 1.82) is 0 Å². The molecular weight excluding hydrogens is 228 g/mol. The van der Waals surface area contributed by atoms with E-state index in [1.54, 1.807) is 0 Å². The number of hydrogen-bond donors (Lipinski definition) is 0. The number of carbonyl (C=O) groups excluding carboxylic acids is 1. The van der Waals surface area contributed by atoms with Gasteiger partial charge in [-0.05, 0) is 12.8 Å². The molecule has 0 bridgehead atoms. The molecule has 0 aromatic heterocycles. The van der Waals surface area contributed by atoms with E-state index in [1.165, 1.54) is 57.8 Å². The average molecular weight is 256 g/mol. The molecule has 0 N–H and O–H groups in total. The van der Waals surface area contributed by atoms with Crippen LogP contribution in [0.2, 0.25) is 0 Å². The van der Waals surface area contributed by atoms with E-state index in [0.29, 0.717) is 6.61 Å². The van der Waals surface area contributed by atoms with Crippen LogP contribution < -0.4 is 0 Å². The first-order chi connectivity index (χ1) is 8.83. The van der Waals surface area contributed by atoms with Gasteiger partial charge >= 0.3 is 6.16 Å². The zero-order valence-corrected chi connectivity index (χ0v) is 11.8. The molecule has 1 atom stereocenters. The molecule has 1 heterocycles. The summed E-state index contributed by atoms with van der Waals surface area (Å²) in [5.74, 6) is 0. The molecule has 1 aliphatic heterocycles. The summed E-state index contributed by atoms with van der Waals surface area (Å²) in [6.07, 6.45) is 13.5. The minimum Gasteiger partial charge on any atom is -0.434 e. The number of hydrogen-bond acceptors (Lipinski definition) is 3. The third kappa shape index (κ3) is 7.57. The van der Waals surface area contributed by atoms with Crippen molar-refractivity contribution in [2.75, 3.05) is 6.61 Å². The molecule has 0 unspecified atom stereocenters. The zero-order valence-electron chi connectivity index (χ0n) is 11.8. The van der Waals surface area contributed by atoms with Crippen LogP contribution in [-0.2, 0) is 9.47 Å². The van der Waals surface area contributed by atoms with E-state index in [4.69, 9.17) is 9.47 Å². The summed E-state index contributed by atoms with van der Waals surface area (Å²) in [6.45, 7) is 2.78. The molecule has 18 heavy (non-hydrogen) atoms. The van der Waals surface area contributed by atoms with Gasteiger partial charge in [0.15, 0.2) is 0 Å². The van der Waals surface area contributed by atoms with Crippen LogP contribution in [0.3, 0.4) is 0 Å². The topological polar surface area (TPSA) is 35.5 Å². The van der Waals surface area contributed by atoms with Crippen LogP contribution in [0, 0.1) is 0 Å². The second-order valence-corrected chi connectivity index (χ2v) is 5.24. The van der Waals surface area contributed by atoms with E-state index < -0.39 is 6.16 Å². The Hall–Kier alpha value is -0.730. The van der Waals surface area contributed by atoms with Crippen LogP contribution in [0.25, 0.3) is 0 Å². The van der Waals surface area contributed by atoms with Crippen molar-refractivity contribution in [3.63, 3.8) is 0 Å². The normalized spacial score (nSPS) is 19.4. The fourth-order valence-electron chi connectivity index (χ4n) is 2.39. The third-order valence-electron chi connectivity index (χ3n) is 3.55. The molecule has 3 nitrogen and oxygen atoms in total. The Morgan fingerprint density at radius 2 is 1.61 bits per heavy atom. The molecule has 0 saturated carbocycles. The first-order valence-electron chi connectivity index (χ1n) is 7.66. The SMILES string of the molecule is CCCCCCCCCCC[C@H]1CCOC(=O)O1. The highest BCUT2D eigenvalue weighted by molar-refractivity contribution is 5.60. The van der Waals surface area contributed by atoms with Crippen molar-refractivity contribution in [3.05, 3.63) is 0 Å². The van der Waals surface area contributed by atoms with Gasteiger partial charge in [-0.25, -0.2) is 4.79 Å². The van der Waals surface area contributed by atoms with Gasteiger partial charge in [0.25, 0.3) is 0 Å². The van der Waals surface area contributed by atoms with E-state index in [9.17, 15) is 4.79 Å². The summed E-state index contributed by atoms with van der Waals surface area (Å²) >= 11 is 0. The summed E-state index contributed by atoms with van der Waals surface area (Å²) in [6, 6.07) is 0. The van der Waals surface area contributed by atoms with Crippen molar-refractivity contribution in [2.45, 2.75) is 83.7 Å². The van der Waals surface area contributed by atoms with Gasteiger partial charge in [-0.2, -0.15) is 0 Å². The first kappa shape index (κ1) is 15.3. The Kier molecular flexibility index (Phi) is 8.70. The summed E-state index contributed by atoms with van der Waals surface area (Å²) in [4.78, 5) is 10.9. The minimum atomic E-state index is -0.484. The van der Waals surface area contributed by atoms with Crippen LogP contribution >= 0.6 is 0 Å². The lowest BCUT2D eigenvalue weighted by Crippen LogP contribution is -2.27. The van der Waals surface area contributed by atoms with Crippen molar-refractivity contribution >= 4 is 6.16 Å². The smallest absolute Gasteiger partial charge is 0.434 e. The molecule has 1 rings (SSSR count). The van der Waals surface area contributed by atoms with E-state index >= 15 is 0 Å². The molecule has 0 aliphatic carbocycles. The van der Waals surface area contributed by atoms with Crippen LogP contribution in [-0.4, -0.2) is 18.9 Å². The Morgan fingerprint density at radius 1 is 1.00 bits per heavy atom. The number of ether oxygens (including phenoxy) is 2. The second-order valence-electron chi connectivity index (χ2n) is 5.24. The van der Waals surface area contributed by atoms with Gasteiger partial charge in [-0.3, -0.25) is 0 Å². The van der Waals surface area contributed by atoms with Gasteiger partial charge in [0, 0.05) is 6.42 Å². The second kappa shape index (κ2) is 10.2. The third-order valence-corrected chi connectivity index (χ3v) is 3.55. The first-order valence-corrected chi connectivity index (χ1v) is 7.66.